The number of carbonyl (C=O) groups is 1. The monoisotopic (exact) mass is 353 g/mol. The maximum Gasteiger partial charge on any atom is 0.259 e. The molecule has 7 nitrogen and oxygen atoms in total. The van der Waals surface area contributed by atoms with Crippen molar-refractivity contribution in [3.8, 4) is 0 Å². The number of para-hydroxylation sites is 1. The summed E-state index contributed by atoms with van der Waals surface area (Å²) in [5, 5.41) is 0.107. The van der Waals surface area contributed by atoms with Crippen molar-refractivity contribution in [2.45, 2.75) is 0 Å². The summed E-state index contributed by atoms with van der Waals surface area (Å²) in [6, 6.07) is 4.09. The number of nitrogens with zero attached hydrogens (tertiary/aromatic N) is 2. The summed E-state index contributed by atoms with van der Waals surface area (Å²) >= 11 is 0. The lowest BCUT2D eigenvalue weighted by atomic mass is 10.1. The van der Waals surface area contributed by atoms with Gasteiger partial charge in [0.25, 0.3) is 5.91 Å². The predicted octanol–water partition coefficient (Wildman–Crippen LogP) is 0.385. The van der Waals surface area contributed by atoms with E-state index in [9.17, 15) is 22.4 Å². The average molecular weight is 353 g/mol. The van der Waals surface area contributed by atoms with Crippen LogP contribution in [0.2, 0.25) is 0 Å². The number of carbonyl (C=O) groups excluding carboxylic acids is 1. The van der Waals surface area contributed by atoms with Gasteiger partial charge in [-0.05, 0) is 12.1 Å². The topological polar surface area (TPSA) is 90.6 Å². The highest BCUT2D eigenvalue weighted by Crippen LogP contribution is 2.14. The second-order valence-electron chi connectivity index (χ2n) is 5.65. The number of rotatable bonds is 2. The first kappa shape index (κ1) is 16.6. The first-order chi connectivity index (χ1) is 11.3. The number of H-pyrrole nitrogens is 1. The molecule has 24 heavy (non-hydrogen) atoms. The normalized spacial score (nSPS) is 16.5. The van der Waals surface area contributed by atoms with Gasteiger partial charge in [-0.1, -0.05) is 6.07 Å². The lowest BCUT2D eigenvalue weighted by molar-refractivity contribution is 0.0697. The van der Waals surface area contributed by atoms with Gasteiger partial charge in [0.15, 0.2) is 0 Å². The van der Waals surface area contributed by atoms with Crippen molar-refractivity contribution >= 4 is 26.8 Å². The van der Waals surface area contributed by atoms with E-state index in [4.69, 9.17) is 0 Å². The number of benzene rings is 1. The summed E-state index contributed by atoms with van der Waals surface area (Å²) in [6.07, 6.45) is 2.33. The van der Waals surface area contributed by atoms with E-state index < -0.39 is 27.2 Å². The van der Waals surface area contributed by atoms with E-state index in [1.165, 1.54) is 33.6 Å². The highest BCUT2D eigenvalue weighted by atomic mass is 32.2. The summed E-state index contributed by atoms with van der Waals surface area (Å²) in [5.74, 6) is -1.05. The van der Waals surface area contributed by atoms with E-state index in [1.807, 2.05) is 0 Å². The Labute approximate surface area is 137 Å². The third-order valence-corrected chi connectivity index (χ3v) is 5.39. The van der Waals surface area contributed by atoms with Crippen LogP contribution in [0.25, 0.3) is 10.9 Å². The molecule has 0 aliphatic carbocycles. The van der Waals surface area contributed by atoms with E-state index in [0.717, 1.165) is 6.26 Å². The molecule has 2 heterocycles. The van der Waals surface area contributed by atoms with Crippen molar-refractivity contribution in [2.24, 2.45) is 0 Å². The number of pyridine rings is 1. The average Bonchev–Trinajstić information content (AvgIpc) is 2.55. The molecule has 1 N–H and O–H groups in total. The van der Waals surface area contributed by atoms with Gasteiger partial charge in [0.2, 0.25) is 15.5 Å². The minimum atomic E-state index is -3.30. The number of amides is 1. The first-order valence-corrected chi connectivity index (χ1v) is 9.18. The van der Waals surface area contributed by atoms with Gasteiger partial charge in [0.05, 0.1) is 11.8 Å². The van der Waals surface area contributed by atoms with E-state index in [0.29, 0.717) is 0 Å². The minimum Gasteiger partial charge on any atom is -0.358 e. The van der Waals surface area contributed by atoms with Crippen LogP contribution >= 0.6 is 0 Å². The van der Waals surface area contributed by atoms with Crippen LogP contribution in [0.5, 0.6) is 0 Å². The molecule has 0 unspecified atom stereocenters. The Hall–Kier alpha value is -2.26. The molecule has 9 heteroatoms. The first-order valence-electron chi connectivity index (χ1n) is 7.33. The number of halogens is 1. The number of sulfonamides is 1. The van der Waals surface area contributed by atoms with E-state index in [-0.39, 0.29) is 42.6 Å². The van der Waals surface area contributed by atoms with Crippen LogP contribution in [0.4, 0.5) is 4.39 Å². The lowest BCUT2D eigenvalue weighted by Gasteiger charge is -2.33. The molecule has 0 radical (unpaired) electrons. The molecular formula is C15H16FN3O4S. The smallest absolute Gasteiger partial charge is 0.259 e. The quantitative estimate of drug-likeness (QED) is 0.845. The van der Waals surface area contributed by atoms with Crippen molar-refractivity contribution in [3.05, 3.63) is 46.0 Å². The lowest BCUT2D eigenvalue weighted by Crippen LogP contribution is -2.50. The summed E-state index contributed by atoms with van der Waals surface area (Å²) in [6.45, 7) is 0.772. The fourth-order valence-corrected chi connectivity index (χ4v) is 3.59. The highest BCUT2D eigenvalue weighted by Gasteiger charge is 2.28. The maximum atomic E-state index is 13.7. The molecule has 1 aliphatic heterocycles. The molecule has 1 aliphatic rings. The number of piperazine rings is 1. The Kier molecular flexibility index (Phi) is 4.14. The molecule has 1 amide bonds. The van der Waals surface area contributed by atoms with Gasteiger partial charge >= 0.3 is 0 Å². The zero-order chi connectivity index (χ0) is 17.5. The summed E-state index contributed by atoms with van der Waals surface area (Å²) < 4.78 is 38.0. The fourth-order valence-electron chi connectivity index (χ4n) is 2.77. The van der Waals surface area contributed by atoms with Crippen LogP contribution in [0.15, 0.2) is 29.2 Å². The highest BCUT2D eigenvalue weighted by molar-refractivity contribution is 7.88. The summed E-state index contributed by atoms with van der Waals surface area (Å²) in [7, 11) is -3.30. The van der Waals surface area contributed by atoms with Crippen LogP contribution in [-0.2, 0) is 10.0 Å². The molecule has 0 spiro atoms. The van der Waals surface area contributed by atoms with E-state index in [2.05, 4.69) is 4.98 Å². The van der Waals surface area contributed by atoms with Crippen LogP contribution in [0.3, 0.4) is 0 Å². The zero-order valence-corrected chi connectivity index (χ0v) is 13.8. The van der Waals surface area contributed by atoms with Crippen molar-refractivity contribution in [1.82, 2.24) is 14.2 Å². The molecule has 3 rings (SSSR count). The molecule has 1 fully saturated rings. The molecule has 1 saturated heterocycles. The Bertz CT molecular complexity index is 962. The van der Waals surface area contributed by atoms with Crippen molar-refractivity contribution < 1.29 is 17.6 Å². The molecule has 1 aromatic carbocycles. The molecule has 0 saturated carbocycles. The number of aromatic nitrogens is 1. The van der Waals surface area contributed by atoms with Crippen LogP contribution in [-0.4, -0.2) is 60.9 Å². The largest absolute Gasteiger partial charge is 0.358 e. The molecule has 2 aromatic rings. The summed E-state index contributed by atoms with van der Waals surface area (Å²) in [5.41, 5.74) is -0.569. The van der Waals surface area contributed by atoms with Crippen molar-refractivity contribution in [2.75, 3.05) is 32.4 Å². The van der Waals surface area contributed by atoms with Crippen molar-refractivity contribution in [3.63, 3.8) is 0 Å². The standard InChI is InChI=1S/C15H16FN3O4S/c1-24(22,23)19-7-5-18(6-8-19)15(21)11-9-17-13-10(14(11)20)3-2-4-12(13)16/h2-4,9H,5-8H2,1H3,(H,17,20). The third-order valence-electron chi connectivity index (χ3n) is 4.09. The van der Waals surface area contributed by atoms with E-state index >= 15 is 0 Å². The number of nitrogens with one attached hydrogen (secondary N) is 1. The molecule has 1 aromatic heterocycles. The zero-order valence-electron chi connectivity index (χ0n) is 13.0. The van der Waals surface area contributed by atoms with Crippen LogP contribution in [0.1, 0.15) is 10.4 Å². The Morgan fingerprint density at radius 1 is 1.21 bits per heavy atom. The van der Waals surface area contributed by atoms with Crippen LogP contribution < -0.4 is 5.43 Å². The van der Waals surface area contributed by atoms with E-state index in [1.54, 1.807) is 0 Å². The predicted molar refractivity (Wildman–Crippen MR) is 86.8 cm³/mol. The number of aromatic amines is 1. The molecular weight excluding hydrogens is 337 g/mol. The SMILES string of the molecule is CS(=O)(=O)N1CCN(C(=O)c2c[nH]c3c(F)cccc3c2=O)CC1. The van der Waals surface area contributed by atoms with Gasteiger partial charge in [-0.15, -0.1) is 0 Å². The Morgan fingerprint density at radius 3 is 2.50 bits per heavy atom. The number of fused-ring (bicyclic) bond motifs is 1. The third kappa shape index (κ3) is 2.92. The van der Waals surface area contributed by atoms with Gasteiger partial charge in [0, 0.05) is 37.8 Å². The second kappa shape index (κ2) is 5.99. The van der Waals surface area contributed by atoms with Crippen molar-refractivity contribution in [1.29, 1.82) is 0 Å². The van der Waals surface area contributed by atoms with Gasteiger partial charge in [-0.25, -0.2) is 12.8 Å². The van der Waals surface area contributed by atoms with Gasteiger partial charge < -0.3 is 9.88 Å². The summed E-state index contributed by atoms with van der Waals surface area (Å²) in [4.78, 5) is 29.1. The Morgan fingerprint density at radius 2 is 1.88 bits per heavy atom. The number of hydrogen-bond acceptors (Lipinski definition) is 4. The fraction of sp³-hybridized carbons (Fsp3) is 0.333. The minimum absolute atomic E-state index is 0.0564. The second-order valence-corrected chi connectivity index (χ2v) is 7.63. The van der Waals surface area contributed by atoms with Crippen LogP contribution in [0, 0.1) is 5.82 Å². The maximum absolute atomic E-state index is 13.7. The molecule has 0 bridgehead atoms. The van der Waals surface area contributed by atoms with Gasteiger partial charge in [-0.2, -0.15) is 4.31 Å². The molecule has 0 atom stereocenters. The number of hydrogen-bond donors (Lipinski definition) is 1. The molecule has 128 valence electrons. The Balaban J connectivity index is 1.88. The van der Waals surface area contributed by atoms with Gasteiger partial charge in [-0.3, -0.25) is 9.59 Å². The van der Waals surface area contributed by atoms with Gasteiger partial charge in [0.1, 0.15) is 11.4 Å².